The van der Waals surface area contributed by atoms with Gasteiger partial charge in [0.15, 0.2) is 0 Å². The third-order valence-electron chi connectivity index (χ3n) is 1.44. The Labute approximate surface area is 95.6 Å². The van der Waals surface area contributed by atoms with Gasteiger partial charge in [-0.1, -0.05) is 0 Å². The minimum Gasteiger partial charge on any atom is -0.275 e. The fourth-order valence-corrected chi connectivity index (χ4v) is 1.70. The average Bonchev–Trinajstić information content (AvgIpc) is 2.07. The van der Waals surface area contributed by atoms with Crippen molar-refractivity contribution < 1.29 is 18.0 Å². The van der Waals surface area contributed by atoms with E-state index in [4.69, 9.17) is 11.6 Å². The van der Waals surface area contributed by atoms with Crippen LogP contribution in [0, 0.1) is 9.52 Å². The number of carbonyl (C=O) groups is 1. The lowest BCUT2D eigenvalue weighted by molar-refractivity contribution is 0.105. The summed E-state index contributed by atoms with van der Waals surface area (Å²) in [4.78, 5) is 13.8. The molecule has 0 aromatic carbocycles. The zero-order chi connectivity index (χ0) is 10.9. The zero-order valence-electron chi connectivity index (χ0n) is 6.40. The summed E-state index contributed by atoms with van der Waals surface area (Å²) >= 11 is 6.51. The summed E-state index contributed by atoms with van der Waals surface area (Å²) < 4.78 is 37.7. The first-order valence-corrected chi connectivity index (χ1v) is 4.72. The summed E-state index contributed by atoms with van der Waals surface area (Å²) in [5.41, 5.74) is -1.56. The maximum absolute atomic E-state index is 12.9. The number of hydrogen-bond acceptors (Lipinski definition) is 2. The van der Waals surface area contributed by atoms with E-state index in [2.05, 4.69) is 4.98 Å². The van der Waals surface area contributed by atoms with E-state index >= 15 is 0 Å². The summed E-state index contributed by atoms with van der Waals surface area (Å²) in [6.45, 7) is 0. The Morgan fingerprint density at radius 3 is 2.50 bits per heavy atom. The van der Waals surface area contributed by atoms with E-state index in [1.807, 2.05) is 0 Å². The molecule has 1 rings (SSSR count). The lowest BCUT2D eigenvalue weighted by Gasteiger charge is -2.07. The van der Waals surface area contributed by atoms with Gasteiger partial charge >= 0.3 is 0 Å². The van der Waals surface area contributed by atoms with Crippen molar-refractivity contribution in [1.29, 1.82) is 0 Å². The van der Waals surface area contributed by atoms with Gasteiger partial charge in [-0.3, -0.25) is 4.79 Å². The topological polar surface area (TPSA) is 30.0 Å². The first-order valence-electron chi connectivity index (χ1n) is 3.27. The van der Waals surface area contributed by atoms with Gasteiger partial charge in [0.1, 0.15) is 0 Å². The number of halogens is 5. The van der Waals surface area contributed by atoms with Crippen molar-refractivity contribution >= 4 is 39.4 Å². The fourth-order valence-electron chi connectivity index (χ4n) is 0.878. The zero-order valence-corrected chi connectivity index (χ0v) is 9.31. The molecule has 76 valence electrons. The Hall–Kier alpha value is -0.370. The van der Waals surface area contributed by atoms with Crippen molar-refractivity contribution in [2.75, 3.05) is 0 Å². The fraction of sp³-hybridized carbons (Fsp3) is 0.143. The molecule has 0 fully saturated rings. The van der Waals surface area contributed by atoms with E-state index in [-0.39, 0.29) is 3.57 Å². The molecule has 1 aromatic rings. The highest BCUT2D eigenvalue weighted by Crippen LogP contribution is 2.29. The molecule has 1 aromatic heterocycles. The van der Waals surface area contributed by atoms with E-state index in [0.717, 1.165) is 6.20 Å². The van der Waals surface area contributed by atoms with Crippen LogP contribution in [-0.2, 0) is 0 Å². The Kier molecular flexibility index (Phi) is 3.71. The molecule has 0 saturated heterocycles. The third-order valence-corrected chi connectivity index (χ3v) is 2.49. The molecule has 14 heavy (non-hydrogen) atoms. The van der Waals surface area contributed by atoms with E-state index in [0.29, 0.717) is 0 Å². The van der Waals surface area contributed by atoms with Crippen molar-refractivity contribution in [3.05, 3.63) is 26.8 Å². The highest BCUT2D eigenvalue weighted by Gasteiger charge is 2.25. The second-order valence-electron chi connectivity index (χ2n) is 2.26. The normalized spacial score (nSPS) is 10.7. The maximum Gasteiger partial charge on any atom is 0.265 e. The van der Waals surface area contributed by atoms with Crippen molar-refractivity contribution in [3.8, 4) is 0 Å². The molecule has 0 radical (unpaired) electrons. The van der Waals surface area contributed by atoms with Gasteiger partial charge in [0.25, 0.3) is 11.7 Å². The van der Waals surface area contributed by atoms with Crippen LogP contribution in [-0.4, -0.2) is 10.2 Å². The van der Waals surface area contributed by atoms with Crippen LogP contribution in [0.5, 0.6) is 0 Å². The molecule has 0 aliphatic heterocycles. The Morgan fingerprint density at radius 2 is 2.14 bits per heavy atom. The van der Waals surface area contributed by atoms with Gasteiger partial charge in [-0.2, -0.15) is 4.39 Å². The second kappa shape index (κ2) is 4.43. The molecular formula is C7H2ClF3INO. The van der Waals surface area contributed by atoms with Crippen LogP contribution in [0.3, 0.4) is 0 Å². The smallest absolute Gasteiger partial charge is 0.265 e. The minimum absolute atomic E-state index is 0.00278. The van der Waals surface area contributed by atoms with Gasteiger partial charge in [-0.25, -0.2) is 13.8 Å². The maximum atomic E-state index is 12.9. The molecule has 0 aliphatic carbocycles. The summed E-state index contributed by atoms with van der Waals surface area (Å²) in [6.07, 6.45) is -2.04. The predicted octanol–water partition coefficient (Wildman–Crippen LogP) is 3.14. The van der Waals surface area contributed by atoms with Gasteiger partial charge in [-0.15, -0.1) is 0 Å². The van der Waals surface area contributed by atoms with Gasteiger partial charge in [-0.05, 0) is 34.2 Å². The van der Waals surface area contributed by atoms with Gasteiger partial charge in [0.2, 0.25) is 5.95 Å². The van der Waals surface area contributed by atoms with E-state index in [1.54, 1.807) is 0 Å². The highest BCUT2D eigenvalue weighted by molar-refractivity contribution is 14.1. The molecule has 7 heteroatoms. The Bertz CT molecular complexity index is 385. The lowest BCUT2D eigenvalue weighted by atomic mass is 10.1. The largest absolute Gasteiger partial charge is 0.275 e. The van der Waals surface area contributed by atoms with Crippen molar-refractivity contribution in [2.24, 2.45) is 0 Å². The molecule has 1 heterocycles. The number of rotatable bonds is 2. The molecular weight excluding hydrogens is 333 g/mol. The number of hydrogen-bond donors (Lipinski definition) is 0. The van der Waals surface area contributed by atoms with Crippen LogP contribution in [0.15, 0.2) is 6.20 Å². The Morgan fingerprint density at radius 1 is 1.57 bits per heavy atom. The first-order chi connectivity index (χ1) is 6.45. The molecule has 0 unspecified atom stereocenters. The van der Waals surface area contributed by atoms with Crippen molar-refractivity contribution in [3.63, 3.8) is 0 Å². The van der Waals surface area contributed by atoms with Crippen molar-refractivity contribution in [1.82, 2.24) is 4.98 Å². The molecule has 0 amide bonds. The number of carbonyl (C=O) groups excluding carboxylic acids is 1. The average molecular weight is 335 g/mol. The number of aromatic nitrogens is 1. The molecule has 2 nitrogen and oxygen atoms in total. The molecule has 0 N–H and O–H groups in total. The lowest BCUT2D eigenvalue weighted by Crippen LogP contribution is -2.06. The summed E-state index contributed by atoms with van der Waals surface area (Å²) in [6, 6.07) is 0. The monoisotopic (exact) mass is 335 g/mol. The summed E-state index contributed by atoms with van der Waals surface area (Å²) in [5.74, 6) is -1.28. The van der Waals surface area contributed by atoms with Gasteiger partial charge in [0.05, 0.1) is 5.56 Å². The summed E-state index contributed by atoms with van der Waals surface area (Å²) in [5, 5.41) is -1.27. The quantitative estimate of drug-likeness (QED) is 0.472. The van der Waals surface area contributed by atoms with Gasteiger partial charge < -0.3 is 0 Å². The molecule has 0 saturated carbocycles. The first kappa shape index (κ1) is 11.7. The standard InChI is InChI=1S/C7H2ClF3INO/c8-5(14)4-3(6(9)10)2(12)1-13-7(4)11/h1,6H. The minimum atomic E-state index is -2.96. The molecule has 0 aliphatic rings. The Balaban J connectivity index is 3.50. The number of alkyl halides is 2. The van der Waals surface area contributed by atoms with E-state index in [9.17, 15) is 18.0 Å². The number of pyridine rings is 1. The second-order valence-corrected chi connectivity index (χ2v) is 3.77. The van der Waals surface area contributed by atoms with E-state index < -0.39 is 28.7 Å². The van der Waals surface area contributed by atoms with Crippen LogP contribution < -0.4 is 0 Å². The van der Waals surface area contributed by atoms with E-state index in [1.165, 1.54) is 22.6 Å². The molecule has 0 bridgehead atoms. The summed E-state index contributed by atoms with van der Waals surface area (Å²) in [7, 11) is 0. The highest BCUT2D eigenvalue weighted by atomic mass is 127. The van der Waals surface area contributed by atoms with Crippen LogP contribution in [0.1, 0.15) is 22.3 Å². The third kappa shape index (κ3) is 2.17. The van der Waals surface area contributed by atoms with Gasteiger partial charge in [0, 0.05) is 15.3 Å². The van der Waals surface area contributed by atoms with Crippen LogP contribution >= 0.6 is 34.2 Å². The number of nitrogens with zero attached hydrogens (tertiary/aromatic N) is 1. The molecule has 0 atom stereocenters. The van der Waals surface area contributed by atoms with Crippen LogP contribution in [0.4, 0.5) is 13.2 Å². The van der Waals surface area contributed by atoms with Crippen LogP contribution in [0.25, 0.3) is 0 Å². The van der Waals surface area contributed by atoms with Crippen molar-refractivity contribution in [2.45, 2.75) is 6.43 Å². The van der Waals surface area contributed by atoms with Crippen LogP contribution in [0.2, 0.25) is 0 Å². The molecule has 0 spiro atoms. The SMILES string of the molecule is O=C(Cl)c1c(F)ncc(I)c1C(F)F. The predicted molar refractivity (Wildman–Crippen MR) is 52.1 cm³/mol.